The minimum absolute atomic E-state index is 0.186. The molecule has 0 saturated carbocycles. The molecule has 0 aliphatic rings. The molecule has 29 heavy (non-hydrogen) atoms. The summed E-state index contributed by atoms with van der Waals surface area (Å²) >= 11 is 1.52. The van der Waals surface area contributed by atoms with Crippen LogP contribution >= 0.6 is 11.8 Å². The van der Waals surface area contributed by atoms with Crippen molar-refractivity contribution in [2.45, 2.75) is 12.5 Å². The van der Waals surface area contributed by atoms with Crippen LogP contribution in [0.5, 0.6) is 5.75 Å². The lowest BCUT2D eigenvalue weighted by atomic mass is 10.1. The second-order valence-electron chi connectivity index (χ2n) is 5.96. The van der Waals surface area contributed by atoms with Gasteiger partial charge in [0.1, 0.15) is 17.6 Å². The Morgan fingerprint density at radius 2 is 1.72 bits per heavy atom. The number of hydrazine groups is 1. The van der Waals surface area contributed by atoms with E-state index in [-0.39, 0.29) is 5.56 Å². The summed E-state index contributed by atoms with van der Waals surface area (Å²) in [5, 5.41) is 2.67. The van der Waals surface area contributed by atoms with Crippen molar-refractivity contribution in [1.29, 1.82) is 0 Å². The molecule has 0 aromatic heterocycles. The van der Waals surface area contributed by atoms with Crippen LogP contribution in [0.2, 0.25) is 0 Å². The van der Waals surface area contributed by atoms with Crippen molar-refractivity contribution >= 4 is 29.5 Å². The van der Waals surface area contributed by atoms with Crippen LogP contribution in [0.3, 0.4) is 0 Å². The van der Waals surface area contributed by atoms with Gasteiger partial charge in [-0.25, -0.2) is 4.39 Å². The fourth-order valence-corrected chi connectivity index (χ4v) is 2.92. The van der Waals surface area contributed by atoms with Crippen LogP contribution in [-0.2, 0) is 4.79 Å². The number of amides is 3. The van der Waals surface area contributed by atoms with Gasteiger partial charge in [0.25, 0.3) is 17.7 Å². The van der Waals surface area contributed by atoms with E-state index in [4.69, 9.17) is 4.74 Å². The molecule has 1 atom stereocenters. The molecule has 3 N–H and O–H groups in total. The number of thioether (sulfide) groups is 1. The van der Waals surface area contributed by atoms with Crippen LogP contribution in [-0.4, -0.2) is 42.9 Å². The standard InChI is InChI=1S/C20H22FN3O4S/c1-28-17-6-4-3-5-15(17)19(26)22-16(11-12-29-2)20(27)24-23-18(25)13-7-9-14(21)10-8-13/h3-10,16H,11-12H2,1-2H3,(H,22,26)(H,23,25)(H,24,27)/t16-/m0/s1. The smallest absolute Gasteiger partial charge is 0.269 e. The maximum Gasteiger partial charge on any atom is 0.269 e. The summed E-state index contributed by atoms with van der Waals surface area (Å²) in [7, 11) is 1.45. The number of rotatable bonds is 8. The Bertz CT molecular complexity index is 861. The van der Waals surface area contributed by atoms with Crippen molar-refractivity contribution in [3.8, 4) is 5.75 Å². The van der Waals surface area contributed by atoms with Gasteiger partial charge in [-0.15, -0.1) is 0 Å². The van der Waals surface area contributed by atoms with E-state index < -0.39 is 29.6 Å². The number of carbonyl (C=O) groups is 3. The number of methoxy groups -OCH3 is 1. The van der Waals surface area contributed by atoms with Crippen molar-refractivity contribution in [3.05, 3.63) is 65.5 Å². The van der Waals surface area contributed by atoms with Crippen LogP contribution in [0.1, 0.15) is 27.1 Å². The van der Waals surface area contributed by atoms with Gasteiger partial charge < -0.3 is 10.1 Å². The van der Waals surface area contributed by atoms with E-state index in [9.17, 15) is 18.8 Å². The van der Waals surface area contributed by atoms with E-state index in [1.54, 1.807) is 24.3 Å². The van der Waals surface area contributed by atoms with Gasteiger partial charge in [-0.05, 0) is 54.8 Å². The van der Waals surface area contributed by atoms with E-state index >= 15 is 0 Å². The number of halogens is 1. The Hall–Kier alpha value is -3.07. The Labute approximate surface area is 172 Å². The molecule has 7 nitrogen and oxygen atoms in total. The first-order valence-corrected chi connectivity index (χ1v) is 10.1. The van der Waals surface area contributed by atoms with Gasteiger partial charge in [0, 0.05) is 5.56 Å². The average Bonchev–Trinajstić information content (AvgIpc) is 2.74. The molecule has 0 unspecified atom stereocenters. The Balaban J connectivity index is 2.02. The second-order valence-corrected chi connectivity index (χ2v) is 6.94. The number of nitrogens with one attached hydrogen (secondary N) is 3. The van der Waals surface area contributed by atoms with Crippen molar-refractivity contribution in [1.82, 2.24) is 16.2 Å². The summed E-state index contributed by atoms with van der Waals surface area (Å²) in [6.07, 6.45) is 2.24. The molecule has 2 aromatic rings. The summed E-state index contributed by atoms with van der Waals surface area (Å²) in [6.45, 7) is 0. The molecule has 0 saturated heterocycles. The van der Waals surface area contributed by atoms with Gasteiger partial charge in [0.05, 0.1) is 12.7 Å². The first-order chi connectivity index (χ1) is 14.0. The maximum atomic E-state index is 13.0. The molecule has 2 rings (SSSR count). The molecule has 0 radical (unpaired) electrons. The van der Waals surface area contributed by atoms with Gasteiger partial charge >= 0.3 is 0 Å². The number of hydrogen-bond acceptors (Lipinski definition) is 5. The third-order valence-electron chi connectivity index (χ3n) is 3.99. The van der Waals surface area contributed by atoms with E-state index in [1.165, 1.54) is 31.0 Å². The minimum Gasteiger partial charge on any atom is -0.496 e. The highest BCUT2D eigenvalue weighted by Crippen LogP contribution is 2.17. The molecule has 2 aromatic carbocycles. The number of para-hydroxylation sites is 1. The average molecular weight is 419 g/mol. The van der Waals surface area contributed by atoms with Crippen molar-refractivity contribution in [2.75, 3.05) is 19.1 Å². The molecule has 0 aliphatic heterocycles. The highest BCUT2D eigenvalue weighted by atomic mass is 32.2. The molecule has 0 heterocycles. The lowest BCUT2D eigenvalue weighted by Gasteiger charge is -2.19. The van der Waals surface area contributed by atoms with E-state index in [2.05, 4.69) is 16.2 Å². The molecule has 0 aliphatic carbocycles. The molecule has 3 amide bonds. The highest BCUT2D eigenvalue weighted by Gasteiger charge is 2.23. The van der Waals surface area contributed by atoms with Gasteiger partial charge in [-0.1, -0.05) is 12.1 Å². The number of hydrogen-bond donors (Lipinski definition) is 3. The van der Waals surface area contributed by atoms with Gasteiger partial charge in [0.15, 0.2) is 0 Å². The lowest BCUT2D eigenvalue weighted by Crippen LogP contribution is -2.52. The highest BCUT2D eigenvalue weighted by molar-refractivity contribution is 7.98. The fourth-order valence-electron chi connectivity index (χ4n) is 2.45. The monoisotopic (exact) mass is 419 g/mol. The van der Waals surface area contributed by atoms with E-state index in [0.717, 1.165) is 12.1 Å². The predicted octanol–water partition coefficient (Wildman–Crippen LogP) is 2.15. The third-order valence-corrected chi connectivity index (χ3v) is 4.63. The molecule has 154 valence electrons. The molecule has 0 fully saturated rings. The second kappa shape index (κ2) is 11.1. The molecule has 0 bridgehead atoms. The lowest BCUT2D eigenvalue weighted by molar-refractivity contribution is -0.123. The van der Waals surface area contributed by atoms with E-state index in [1.807, 2.05) is 6.26 Å². The fraction of sp³-hybridized carbons (Fsp3) is 0.250. The van der Waals surface area contributed by atoms with Gasteiger partial charge in [-0.3, -0.25) is 25.2 Å². The molecule has 9 heteroatoms. The Morgan fingerprint density at radius 1 is 1.03 bits per heavy atom. The summed E-state index contributed by atoms with van der Waals surface area (Å²) in [4.78, 5) is 37.2. The van der Waals surface area contributed by atoms with E-state index in [0.29, 0.717) is 23.5 Å². The topological polar surface area (TPSA) is 96.5 Å². The van der Waals surface area contributed by atoms with Crippen LogP contribution < -0.4 is 20.9 Å². The summed E-state index contributed by atoms with van der Waals surface area (Å²) < 4.78 is 18.1. The molecular formula is C20H22FN3O4S. The first-order valence-electron chi connectivity index (χ1n) is 8.74. The van der Waals surface area contributed by atoms with Crippen molar-refractivity contribution in [2.24, 2.45) is 0 Å². The zero-order valence-corrected chi connectivity index (χ0v) is 16.8. The Morgan fingerprint density at radius 3 is 2.38 bits per heavy atom. The van der Waals surface area contributed by atoms with Crippen molar-refractivity contribution in [3.63, 3.8) is 0 Å². The van der Waals surface area contributed by atoms with Crippen LogP contribution in [0.4, 0.5) is 4.39 Å². The van der Waals surface area contributed by atoms with Gasteiger partial charge in [-0.2, -0.15) is 11.8 Å². The maximum absolute atomic E-state index is 13.0. The van der Waals surface area contributed by atoms with Gasteiger partial charge in [0.2, 0.25) is 0 Å². The number of benzene rings is 2. The minimum atomic E-state index is -0.867. The Kier molecular flexibility index (Phi) is 8.47. The van der Waals surface area contributed by atoms with Crippen LogP contribution in [0.25, 0.3) is 0 Å². The summed E-state index contributed by atoms with van der Waals surface area (Å²) in [5.74, 6) is -1.10. The van der Waals surface area contributed by atoms with Crippen LogP contribution in [0, 0.1) is 5.82 Å². The zero-order chi connectivity index (χ0) is 21.2. The normalized spacial score (nSPS) is 11.3. The first kappa shape index (κ1) is 22.2. The molecular weight excluding hydrogens is 397 g/mol. The van der Waals surface area contributed by atoms with Crippen LogP contribution in [0.15, 0.2) is 48.5 Å². The summed E-state index contributed by atoms with van der Waals surface area (Å²) in [5.41, 5.74) is 5.05. The third kappa shape index (κ3) is 6.49. The largest absolute Gasteiger partial charge is 0.496 e. The van der Waals surface area contributed by atoms with Crippen molar-refractivity contribution < 1.29 is 23.5 Å². The molecule has 0 spiro atoms. The number of ether oxygens (including phenoxy) is 1. The quantitative estimate of drug-likeness (QED) is 0.570. The number of carbonyl (C=O) groups excluding carboxylic acids is 3. The SMILES string of the molecule is COc1ccccc1C(=O)N[C@@H](CCSC)C(=O)NNC(=O)c1ccc(F)cc1. The zero-order valence-electron chi connectivity index (χ0n) is 16.0. The summed E-state index contributed by atoms with van der Waals surface area (Å²) in [6, 6.07) is 10.7. The predicted molar refractivity (Wildman–Crippen MR) is 109 cm³/mol.